The van der Waals surface area contributed by atoms with Crippen LogP contribution < -0.4 is 10.6 Å². The first kappa shape index (κ1) is 25.4. The number of nitrogens with zero attached hydrogens (tertiary/aromatic N) is 2. The minimum absolute atomic E-state index is 0.230. The number of rotatable bonds is 8. The number of aryl methyl sites for hydroxylation is 2. The molecule has 2 heterocycles. The van der Waals surface area contributed by atoms with E-state index < -0.39 is 19.8 Å². The van der Waals surface area contributed by atoms with Gasteiger partial charge in [0.1, 0.15) is 6.07 Å². The number of aromatic nitrogens is 1. The molecule has 35 heavy (non-hydrogen) atoms. The third kappa shape index (κ3) is 6.10. The summed E-state index contributed by atoms with van der Waals surface area (Å²) in [7, 11) is 0. The van der Waals surface area contributed by atoms with Crippen molar-refractivity contribution in [2.45, 2.75) is 34.7 Å². The number of hydrogen-bond donors (Lipinski definition) is 2. The van der Waals surface area contributed by atoms with Crippen LogP contribution in [-0.4, -0.2) is 37.2 Å². The first-order valence-electron chi connectivity index (χ1n) is 11.6. The third-order valence-corrected chi connectivity index (χ3v) is 10.4. The van der Waals surface area contributed by atoms with Crippen molar-refractivity contribution in [2.24, 2.45) is 0 Å². The summed E-state index contributed by atoms with van der Waals surface area (Å²) in [5, 5.41) is 19.1. The van der Waals surface area contributed by atoms with Gasteiger partial charge in [-0.25, -0.2) is 0 Å². The molecule has 0 atom stereocenters. The predicted molar refractivity (Wildman–Crippen MR) is 148 cm³/mol. The van der Waals surface area contributed by atoms with Gasteiger partial charge in [-0.15, -0.1) is 0 Å². The molecule has 0 aliphatic heterocycles. The maximum Gasteiger partial charge on any atom is -0.0381 e. The van der Waals surface area contributed by atoms with Crippen LogP contribution in [0.2, 0.25) is 14.3 Å². The van der Waals surface area contributed by atoms with Gasteiger partial charge in [0.15, 0.2) is 0 Å². The molecule has 2 aromatic carbocycles. The van der Waals surface area contributed by atoms with Gasteiger partial charge >= 0.3 is 137 Å². The molecule has 0 aliphatic rings. The first-order valence-corrected chi connectivity index (χ1v) is 20.3. The molecule has 177 valence electrons. The van der Waals surface area contributed by atoms with Crippen molar-refractivity contribution < 1.29 is 4.79 Å². The Labute approximate surface area is 218 Å². The number of benzene rings is 2. The van der Waals surface area contributed by atoms with Gasteiger partial charge in [-0.2, -0.15) is 5.26 Å². The quantitative estimate of drug-likeness (QED) is 0.181. The maximum absolute atomic E-state index is 13.1. The number of fused-ring (bicyclic) bond motifs is 1. The molecule has 0 saturated carbocycles. The average Bonchev–Trinajstić information content (AvgIpc) is 3.30. The predicted octanol–water partition coefficient (Wildman–Crippen LogP) is 6.55. The summed E-state index contributed by atoms with van der Waals surface area (Å²) < 4.78 is 1.36. The van der Waals surface area contributed by atoms with E-state index in [1.165, 1.54) is 15.5 Å². The molecule has 0 saturated heterocycles. The Morgan fingerprint density at radius 3 is 2.69 bits per heavy atom. The Balaban J connectivity index is 1.59. The summed E-state index contributed by atoms with van der Waals surface area (Å²) in [6, 6.07) is 16.1. The molecule has 0 spiro atoms. The summed E-state index contributed by atoms with van der Waals surface area (Å²) in [5.41, 5.74) is 6.41. The number of pyridine rings is 1. The van der Waals surface area contributed by atoms with E-state index in [9.17, 15) is 10.1 Å². The Morgan fingerprint density at radius 1 is 1.11 bits per heavy atom. The summed E-state index contributed by atoms with van der Waals surface area (Å²) in [5.74, 6) is -0.230. The zero-order valence-corrected chi connectivity index (χ0v) is 24.2. The topological polar surface area (TPSA) is 77.8 Å². The Hall–Kier alpha value is -2.73. The average molecular weight is 588 g/mol. The Bertz CT molecular complexity index is 1420. The van der Waals surface area contributed by atoms with Crippen molar-refractivity contribution in [3.05, 3.63) is 81.2 Å². The molecule has 0 fully saturated rings. The molecular formula is C28H29N4OSSn. The maximum atomic E-state index is 13.1. The molecule has 7 heteroatoms. The van der Waals surface area contributed by atoms with Gasteiger partial charge in [-0.05, 0) is 25.5 Å². The molecule has 2 N–H and O–H groups in total. The fourth-order valence-corrected chi connectivity index (χ4v) is 6.81. The van der Waals surface area contributed by atoms with Crippen LogP contribution in [0, 0.1) is 25.2 Å². The molecule has 0 bridgehead atoms. The van der Waals surface area contributed by atoms with Crippen LogP contribution in [0.1, 0.15) is 31.9 Å². The first-order chi connectivity index (χ1) is 16.9. The largest absolute Gasteiger partial charge is 0.0556 e. The zero-order chi connectivity index (χ0) is 24.9. The van der Waals surface area contributed by atoms with Gasteiger partial charge in [0.05, 0.1) is 5.56 Å². The molecule has 5 nitrogen and oxygen atoms in total. The van der Waals surface area contributed by atoms with Gasteiger partial charge < -0.3 is 5.32 Å². The van der Waals surface area contributed by atoms with Crippen molar-refractivity contribution >= 4 is 53.6 Å². The Morgan fingerprint density at radius 2 is 1.94 bits per heavy atom. The molecule has 4 aromatic rings. The van der Waals surface area contributed by atoms with E-state index in [1.807, 2.05) is 50.2 Å². The number of carbonyl (C=O) groups excluding carboxylic acids is 1. The molecule has 1 radical (unpaired) electrons. The van der Waals surface area contributed by atoms with E-state index in [-0.39, 0.29) is 5.91 Å². The fraction of sp³-hybridized carbons (Fsp3) is 0.250. The summed E-state index contributed by atoms with van der Waals surface area (Å²) in [4.78, 5) is 23.7. The van der Waals surface area contributed by atoms with Crippen LogP contribution in [0.25, 0.3) is 22.0 Å². The van der Waals surface area contributed by atoms with Crippen molar-refractivity contribution in [3.63, 3.8) is 0 Å². The number of nitriles is 1. The monoisotopic (exact) mass is 589 g/mol. The molecule has 1 amide bonds. The van der Waals surface area contributed by atoms with Gasteiger partial charge in [-0.3, -0.25) is 4.79 Å². The van der Waals surface area contributed by atoms with E-state index in [1.54, 1.807) is 11.3 Å². The van der Waals surface area contributed by atoms with Gasteiger partial charge in [0.25, 0.3) is 5.91 Å². The standard InChI is InChI=1S/C26H23N4OS.2CH3.Sn/c1-4-28-14-21-10-19(15-32-21)18-6-8-23-24(11-18)29-13-20(12-27)25(23)30-26(31)22-7-5-16(2)9-17(22)3;;;/h5-11,13,15,28H,1,4,14H2,2-3H3,(H,29,30,31);2*1H3;. The van der Waals surface area contributed by atoms with Crippen molar-refractivity contribution in [1.29, 1.82) is 5.26 Å². The second-order valence-electron chi connectivity index (χ2n) is 9.10. The molecule has 2 aromatic heterocycles. The minimum Gasteiger partial charge on any atom is -0.0556 e. The molecule has 4 rings (SSSR count). The van der Waals surface area contributed by atoms with E-state index in [4.69, 9.17) is 0 Å². The van der Waals surface area contributed by atoms with Crippen molar-refractivity contribution in [1.82, 2.24) is 10.3 Å². The fourth-order valence-electron chi connectivity index (χ4n) is 4.02. The van der Waals surface area contributed by atoms with Gasteiger partial charge in [-0.1, -0.05) is 17.7 Å². The molecule has 0 unspecified atom stereocenters. The second-order valence-corrected chi connectivity index (χ2v) is 18.4. The second kappa shape index (κ2) is 11.3. The van der Waals surface area contributed by atoms with Crippen LogP contribution >= 0.6 is 11.3 Å². The Kier molecular flexibility index (Phi) is 8.22. The van der Waals surface area contributed by atoms with E-state index >= 15 is 0 Å². The normalized spacial score (nSPS) is 11.1. The van der Waals surface area contributed by atoms with E-state index in [2.05, 4.69) is 43.0 Å². The van der Waals surface area contributed by atoms with E-state index in [0.717, 1.165) is 46.2 Å². The van der Waals surface area contributed by atoms with Crippen LogP contribution in [-0.2, 0) is 6.54 Å². The number of thiophene rings is 1. The number of anilines is 1. The number of nitrogens with one attached hydrogen (secondary N) is 2. The van der Waals surface area contributed by atoms with E-state index in [0.29, 0.717) is 16.8 Å². The van der Waals surface area contributed by atoms with Crippen LogP contribution in [0.3, 0.4) is 0 Å². The smallest absolute Gasteiger partial charge is 0.0381 e. The number of amides is 1. The molecule has 0 aliphatic carbocycles. The third-order valence-electron chi connectivity index (χ3n) is 5.94. The van der Waals surface area contributed by atoms with Crippen LogP contribution in [0.15, 0.2) is 54.0 Å². The minimum atomic E-state index is -1.03. The number of carbonyl (C=O) groups is 1. The number of hydrogen-bond acceptors (Lipinski definition) is 5. The van der Waals surface area contributed by atoms with Gasteiger partial charge in [0.2, 0.25) is 0 Å². The van der Waals surface area contributed by atoms with Crippen LogP contribution in [0.5, 0.6) is 0 Å². The summed E-state index contributed by atoms with van der Waals surface area (Å²) in [6.45, 7) is 5.92. The summed E-state index contributed by atoms with van der Waals surface area (Å²) >= 11 is 0.734. The van der Waals surface area contributed by atoms with Gasteiger partial charge in [0, 0.05) is 5.56 Å². The van der Waals surface area contributed by atoms with Crippen molar-refractivity contribution in [3.8, 4) is 17.2 Å². The van der Waals surface area contributed by atoms with Crippen LogP contribution in [0.4, 0.5) is 5.69 Å². The summed E-state index contributed by atoms with van der Waals surface area (Å²) in [6.07, 6.45) is 1.53. The zero-order valence-electron chi connectivity index (χ0n) is 20.5. The SMILES string of the molecule is Cc1ccc(C(=O)Nc2c(C#N)cnc3cc(-c4csc(CNC[CH2][Sn]([CH3])[CH3])c4)ccc23)c(C)c1. The molecular weight excluding hydrogens is 559 g/mol. The van der Waals surface area contributed by atoms with Crippen molar-refractivity contribution in [2.75, 3.05) is 11.9 Å².